The molecule has 0 aliphatic rings. The van der Waals surface area contributed by atoms with Crippen molar-refractivity contribution >= 4 is 72.8 Å². The van der Waals surface area contributed by atoms with E-state index in [1.807, 2.05) is 12.1 Å². The molecule has 0 bridgehead atoms. The Morgan fingerprint density at radius 2 is 1.07 bits per heavy atom. The highest BCUT2D eigenvalue weighted by Gasteiger charge is 2.18. The number of benzene rings is 7. The Morgan fingerprint density at radius 3 is 1.91 bits per heavy atom. The van der Waals surface area contributed by atoms with Gasteiger partial charge in [0.15, 0.2) is 0 Å². The lowest BCUT2D eigenvalue weighted by molar-refractivity contribution is 1.18. The number of nitrogens with zero attached hydrogens (tertiary/aromatic N) is 2. The molecule has 4 heteroatoms. The number of halogens is 2. The van der Waals surface area contributed by atoms with Crippen LogP contribution in [0.15, 0.2) is 158 Å². The zero-order valence-electron chi connectivity index (χ0n) is 23.7. The van der Waals surface area contributed by atoms with E-state index in [9.17, 15) is 0 Å². The normalized spacial score (nSPS) is 11.4. The van der Waals surface area contributed by atoms with Gasteiger partial charge in [0.2, 0.25) is 0 Å². The van der Waals surface area contributed by atoms with Crippen LogP contribution in [0.3, 0.4) is 0 Å². The summed E-state index contributed by atoms with van der Waals surface area (Å²) in [7, 11) is 0. The lowest BCUT2D eigenvalue weighted by Crippen LogP contribution is -2.10. The van der Waals surface area contributed by atoms with Crippen molar-refractivity contribution in [3.63, 3.8) is 0 Å². The molecule has 0 fully saturated rings. The van der Waals surface area contributed by atoms with Crippen LogP contribution in [0, 0.1) is 0 Å². The number of hydrogen-bond donors (Lipinski definition) is 0. The highest BCUT2D eigenvalue weighted by atomic mass is 35.5. The average Bonchev–Trinajstić information content (AvgIpc) is 3.39. The maximum atomic E-state index is 6.40. The minimum Gasteiger partial charge on any atom is -0.310 e. The fraction of sp³-hybridized carbons (Fsp3) is 0. The van der Waals surface area contributed by atoms with E-state index >= 15 is 0 Å². The average molecular weight is 606 g/mol. The van der Waals surface area contributed by atoms with Crippen LogP contribution >= 0.6 is 23.2 Å². The molecule has 210 valence electrons. The van der Waals surface area contributed by atoms with Gasteiger partial charge < -0.3 is 9.47 Å². The molecule has 7 aromatic carbocycles. The Balaban J connectivity index is 1.36. The third kappa shape index (κ3) is 4.69. The SMILES string of the molecule is Clc1cc(Cl)cc(-c2cccc(N(c3ccc4ccccc4c3)c3ccc4c(c3)c3ccccc3n4-c3ccccc3)c2)c1. The van der Waals surface area contributed by atoms with Crippen LogP contribution in [0.5, 0.6) is 0 Å². The Kier molecular flexibility index (Phi) is 6.60. The summed E-state index contributed by atoms with van der Waals surface area (Å²) >= 11 is 12.8. The Hall–Kier alpha value is -5.02. The van der Waals surface area contributed by atoms with E-state index < -0.39 is 0 Å². The largest absolute Gasteiger partial charge is 0.310 e. The van der Waals surface area contributed by atoms with Crippen molar-refractivity contribution < 1.29 is 0 Å². The number of para-hydroxylation sites is 2. The zero-order valence-corrected chi connectivity index (χ0v) is 25.2. The molecule has 0 saturated carbocycles. The molecule has 0 N–H and O–H groups in total. The number of fused-ring (bicyclic) bond motifs is 4. The molecule has 8 rings (SSSR count). The molecule has 0 spiro atoms. The molecular weight excluding hydrogens is 579 g/mol. The monoisotopic (exact) mass is 604 g/mol. The van der Waals surface area contributed by atoms with Gasteiger partial charge in [-0.25, -0.2) is 0 Å². The van der Waals surface area contributed by atoms with Crippen LogP contribution in [0.1, 0.15) is 0 Å². The van der Waals surface area contributed by atoms with Gasteiger partial charge in [-0.15, -0.1) is 0 Å². The maximum Gasteiger partial charge on any atom is 0.0542 e. The molecule has 1 aromatic heterocycles. The molecule has 0 unspecified atom stereocenters. The molecule has 1 heterocycles. The first kappa shape index (κ1) is 26.6. The van der Waals surface area contributed by atoms with E-state index in [1.165, 1.54) is 32.6 Å². The van der Waals surface area contributed by atoms with Crippen molar-refractivity contribution in [2.75, 3.05) is 4.90 Å². The molecule has 0 aliphatic heterocycles. The van der Waals surface area contributed by atoms with Gasteiger partial charge >= 0.3 is 0 Å². The molecule has 0 amide bonds. The van der Waals surface area contributed by atoms with Crippen LogP contribution in [-0.4, -0.2) is 4.57 Å². The molecule has 44 heavy (non-hydrogen) atoms. The quantitative estimate of drug-likeness (QED) is 0.189. The maximum absolute atomic E-state index is 6.40. The van der Waals surface area contributed by atoms with Crippen LogP contribution in [0.4, 0.5) is 17.1 Å². The van der Waals surface area contributed by atoms with Crippen molar-refractivity contribution in [3.8, 4) is 16.8 Å². The Labute approximate surface area is 265 Å². The van der Waals surface area contributed by atoms with Gasteiger partial charge in [0.25, 0.3) is 0 Å². The van der Waals surface area contributed by atoms with Crippen molar-refractivity contribution in [2.45, 2.75) is 0 Å². The minimum atomic E-state index is 0.615. The lowest BCUT2D eigenvalue weighted by Gasteiger charge is -2.26. The first-order valence-corrected chi connectivity index (χ1v) is 15.3. The number of anilines is 3. The van der Waals surface area contributed by atoms with E-state index in [0.29, 0.717) is 10.0 Å². The number of hydrogen-bond acceptors (Lipinski definition) is 1. The third-order valence-electron chi connectivity index (χ3n) is 8.22. The van der Waals surface area contributed by atoms with Gasteiger partial charge in [-0.05, 0) is 101 Å². The van der Waals surface area contributed by atoms with E-state index in [0.717, 1.165) is 33.9 Å². The zero-order chi connectivity index (χ0) is 29.6. The van der Waals surface area contributed by atoms with Crippen molar-refractivity contribution in [2.24, 2.45) is 0 Å². The topological polar surface area (TPSA) is 8.17 Å². The smallest absolute Gasteiger partial charge is 0.0542 e. The second kappa shape index (κ2) is 10.9. The van der Waals surface area contributed by atoms with E-state index in [1.54, 1.807) is 6.07 Å². The van der Waals surface area contributed by atoms with Crippen molar-refractivity contribution in [1.29, 1.82) is 0 Å². The summed E-state index contributed by atoms with van der Waals surface area (Å²) in [5.41, 5.74) is 8.71. The fourth-order valence-corrected chi connectivity index (χ4v) is 6.79. The molecule has 0 aliphatic carbocycles. The van der Waals surface area contributed by atoms with Crippen LogP contribution in [-0.2, 0) is 0 Å². The van der Waals surface area contributed by atoms with E-state index in [-0.39, 0.29) is 0 Å². The minimum absolute atomic E-state index is 0.615. The van der Waals surface area contributed by atoms with Gasteiger partial charge in [-0.2, -0.15) is 0 Å². The summed E-state index contributed by atoms with van der Waals surface area (Å²) in [6, 6.07) is 55.3. The molecule has 2 nitrogen and oxygen atoms in total. The van der Waals surface area contributed by atoms with Gasteiger partial charge in [0.05, 0.1) is 11.0 Å². The Morgan fingerprint density at radius 1 is 0.409 bits per heavy atom. The summed E-state index contributed by atoms with van der Waals surface area (Å²) in [6.07, 6.45) is 0. The van der Waals surface area contributed by atoms with Crippen LogP contribution in [0.2, 0.25) is 10.0 Å². The number of aromatic nitrogens is 1. The molecule has 0 atom stereocenters. The predicted octanol–water partition coefficient (Wildman–Crippen LogP) is 12.4. The lowest BCUT2D eigenvalue weighted by atomic mass is 10.0. The van der Waals surface area contributed by atoms with Gasteiger partial charge in [-0.1, -0.05) is 102 Å². The fourth-order valence-electron chi connectivity index (χ4n) is 6.26. The standard InChI is InChI=1S/C40H26Cl2N2/c41-31-21-30(22-32(42)25-31)29-11-8-14-34(24-29)43(35-18-17-27-9-4-5-10-28(27)23-35)36-19-20-40-38(26-36)37-15-6-7-16-39(37)44(40)33-12-2-1-3-13-33/h1-26H. The van der Waals surface area contributed by atoms with Crippen molar-refractivity contribution in [3.05, 3.63) is 168 Å². The van der Waals surface area contributed by atoms with Crippen molar-refractivity contribution in [1.82, 2.24) is 4.57 Å². The van der Waals surface area contributed by atoms with Crippen LogP contribution in [0.25, 0.3) is 49.4 Å². The molecule has 8 aromatic rings. The molecular formula is C40H26Cl2N2. The highest BCUT2D eigenvalue weighted by Crippen LogP contribution is 2.41. The van der Waals surface area contributed by atoms with Crippen LogP contribution < -0.4 is 4.90 Å². The molecule has 0 saturated heterocycles. The van der Waals surface area contributed by atoms with Gasteiger partial charge in [0, 0.05) is 43.6 Å². The second-order valence-electron chi connectivity index (χ2n) is 11.0. The summed E-state index contributed by atoms with van der Waals surface area (Å²) in [6.45, 7) is 0. The first-order chi connectivity index (χ1) is 21.6. The first-order valence-electron chi connectivity index (χ1n) is 14.6. The van der Waals surface area contributed by atoms with E-state index in [4.69, 9.17) is 23.2 Å². The Bertz CT molecular complexity index is 2300. The predicted molar refractivity (Wildman–Crippen MR) is 188 cm³/mol. The molecule has 0 radical (unpaired) electrons. The summed E-state index contributed by atoms with van der Waals surface area (Å²) in [5, 5.41) is 6.04. The summed E-state index contributed by atoms with van der Waals surface area (Å²) in [4.78, 5) is 2.33. The summed E-state index contributed by atoms with van der Waals surface area (Å²) in [5.74, 6) is 0. The van der Waals surface area contributed by atoms with Gasteiger partial charge in [0.1, 0.15) is 0 Å². The second-order valence-corrected chi connectivity index (χ2v) is 11.8. The number of rotatable bonds is 5. The van der Waals surface area contributed by atoms with Gasteiger partial charge in [-0.3, -0.25) is 0 Å². The van der Waals surface area contributed by atoms with E-state index in [2.05, 4.69) is 149 Å². The third-order valence-corrected chi connectivity index (χ3v) is 8.66. The summed E-state index contributed by atoms with van der Waals surface area (Å²) < 4.78 is 2.35. The highest BCUT2D eigenvalue weighted by molar-refractivity contribution is 6.35.